The van der Waals surface area contributed by atoms with Gasteiger partial charge in [0.25, 0.3) is 0 Å². The molecule has 1 heteroatoms. The Morgan fingerprint density at radius 3 is 2.11 bits per heavy atom. The molecule has 0 radical (unpaired) electrons. The van der Waals surface area contributed by atoms with Gasteiger partial charge in [0, 0.05) is 0 Å². The minimum atomic E-state index is 0.157. The van der Waals surface area contributed by atoms with Crippen LogP contribution in [-0.2, 0) is 0 Å². The Kier molecular flexibility index (Phi) is 4.06. The van der Waals surface area contributed by atoms with Gasteiger partial charge in [-0.05, 0) is 26.3 Å². The fourth-order valence-corrected chi connectivity index (χ4v) is 0.362. The largest absolute Gasteiger partial charge is 0.392 e. The molecule has 0 unspecified atom stereocenters. The van der Waals surface area contributed by atoms with Crippen LogP contribution in [-0.4, -0.2) is 11.7 Å². The topological polar surface area (TPSA) is 20.2 Å². The van der Waals surface area contributed by atoms with Gasteiger partial charge in [0.2, 0.25) is 0 Å². The lowest BCUT2D eigenvalue weighted by Crippen LogP contribution is -1.81. The molecule has 0 spiro atoms. The molecular formula is C8H14O. The Bertz CT molecular complexity index is 128. The molecule has 0 aromatic heterocycles. The van der Waals surface area contributed by atoms with Gasteiger partial charge in [-0.3, -0.25) is 0 Å². The Morgan fingerprint density at radius 2 is 1.78 bits per heavy atom. The van der Waals surface area contributed by atoms with E-state index in [-0.39, 0.29) is 6.61 Å². The summed E-state index contributed by atoms with van der Waals surface area (Å²) in [6.07, 6.45) is 3.92. The summed E-state index contributed by atoms with van der Waals surface area (Å²) in [5.41, 5.74) is 2.25. The third-order valence-corrected chi connectivity index (χ3v) is 0.951. The summed E-state index contributed by atoms with van der Waals surface area (Å²) >= 11 is 0. The predicted molar refractivity (Wildman–Crippen MR) is 40.3 cm³/mol. The summed E-state index contributed by atoms with van der Waals surface area (Å²) in [4.78, 5) is 0. The highest BCUT2D eigenvalue weighted by molar-refractivity contribution is 5.13. The van der Waals surface area contributed by atoms with Crippen molar-refractivity contribution in [2.45, 2.75) is 20.8 Å². The van der Waals surface area contributed by atoms with Gasteiger partial charge in [-0.25, -0.2) is 0 Å². The van der Waals surface area contributed by atoms with Crippen molar-refractivity contribution >= 4 is 0 Å². The fourth-order valence-electron chi connectivity index (χ4n) is 0.362. The van der Waals surface area contributed by atoms with Crippen LogP contribution in [0.5, 0.6) is 0 Å². The van der Waals surface area contributed by atoms with Crippen LogP contribution in [0.4, 0.5) is 0 Å². The van der Waals surface area contributed by atoms with Crippen LogP contribution in [0.2, 0.25) is 0 Å². The van der Waals surface area contributed by atoms with Crippen molar-refractivity contribution in [3.05, 3.63) is 23.3 Å². The number of hydrogen-bond donors (Lipinski definition) is 1. The van der Waals surface area contributed by atoms with E-state index in [1.54, 1.807) is 0 Å². The molecule has 0 aromatic carbocycles. The van der Waals surface area contributed by atoms with Crippen molar-refractivity contribution in [3.63, 3.8) is 0 Å². The quantitative estimate of drug-likeness (QED) is 0.560. The zero-order chi connectivity index (χ0) is 7.28. The Balaban J connectivity index is 3.83. The molecule has 0 atom stereocenters. The third-order valence-electron chi connectivity index (χ3n) is 0.951. The second kappa shape index (κ2) is 4.33. The van der Waals surface area contributed by atoms with Crippen molar-refractivity contribution in [2.24, 2.45) is 0 Å². The van der Waals surface area contributed by atoms with E-state index in [4.69, 9.17) is 5.11 Å². The molecule has 0 aromatic rings. The smallest absolute Gasteiger partial charge is 0.0642 e. The first kappa shape index (κ1) is 8.44. The van der Waals surface area contributed by atoms with Crippen LogP contribution in [0.15, 0.2) is 23.3 Å². The zero-order valence-electron chi connectivity index (χ0n) is 6.31. The molecule has 1 nitrogen and oxygen atoms in total. The summed E-state index contributed by atoms with van der Waals surface area (Å²) in [6.45, 7) is 6.12. The molecule has 0 amide bonds. The lowest BCUT2D eigenvalue weighted by atomic mass is 10.2. The number of rotatable bonds is 2. The van der Waals surface area contributed by atoms with E-state index in [0.29, 0.717) is 0 Å². The summed E-state index contributed by atoms with van der Waals surface area (Å²) in [6, 6.07) is 0. The highest BCUT2D eigenvalue weighted by Crippen LogP contribution is 1.94. The van der Waals surface area contributed by atoms with Crippen LogP contribution < -0.4 is 0 Å². The van der Waals surface area contributed by atoms with Gasteiger partial charge in [0.05, 0.1) is 6.61 Å². The first-order valence-corrected chi connectivity index (χ1v) is 3.08. The van der Waals surface area contributed by atoms with Crippen LogP contribution in [0, 0.1) is 0 Å². The predicted octanol–water partition coefficient (Wildman–Crippen LogP) is 1.89. The van der Waals surface area contributed by atoms with Gasteiger partial charge in [-0.15, -0.1) is 0 Å². The molecule has 0 heterocycles. The normalized spacial score (nSPS) is 11.3. The molecule has 0 saturated heterocycles. The molecule has 0 bridgehead atoms. The second-order valence-corrected chi connectivity index (χ2v) is 2.42. The van der Waals surface area contributed by atoms with Crippen molar-refractivity contribution < 1.29 is 5.11 Å². The molecule has 0 aliphatic rings. The fraction of sp³-hybridized carbons (Fsp3) is 0.500. The summed E-state index contributed by atoms with van der Waals surface area (Å²) in [5.74, 6) is 0. The van der Waals surface area contributed by atoms with Gasteiger partial charge in [0.1, 0.15) is 0 Å². The Hall–Kier alpha value is -0.560. The van der Waals surface area contributed by atoms with E-state index >= 15 is 0 Å². The van der Waals surface area contributed by atoms with E-state index in [1.165, 1.54) is 5.57 Å². The van der Waals surface area contributed by atoms with Crippen molar-refractivity contribution in [2.75, 3.05) is 6.61 Å². The van der Waals surface area contributed by atoms with Gasteiger partial charge >= 0.3 is 0 Å². The third kappa shape index (κ3) is 5.31. The van der Waals surface area contributed by atoms with E-state index in [0.717, 1.165) is 5.57 Å². The van der Waals surface area contributed by atoms with E-state index in [9.17, 15) is 0 Å². The van der Waals surface area contributed by atoms with Crippen LogP contribution >= 0.6 is 0 Å². The second-order valence-electron chi connectivity index (χ2n) is 2.42. The Labute approximate surface area is 56.7 Å². The number of aliphatic hydroxyl groups excluding tert-OH is 1. The highest BCUT2D eigenvalue weighted by atomic mass is 16.3. The molecule has 0 fully saturated rings. The highest BCUT2D eigenvalue weighted by Gasteiger charge is 1.79. The minimum Gasteiger partial charge on any atom is -0.392 e. The molecule has 9 heavy (non-hydrogen) atoms. The van der Waals surface area contributed by atoms with Gasteiger partial charge in [0.15, 0.2) is 0 Å². The lowest BCUT2D eigenvalue weighted by molar-refractivity contribution is 0.331. The van der Waals surface area contributed by atoms with Crippen LogP contribution in [0.25, 0.3) is 0 Å². The summed E-state index contributed by atoms with van der Waals surface area (Å²) in [5, 5.41) is 8.55. The zero-order valence-corrected chi connectivity index (χ0v) is 6.31. The molecule has 1 N–H and O–H groups in total. The number of aliphatic hydroxyl groups is 1. The molecule has 52 valence electrons. The van der Waals surface area contributed by atoms with Crippen molar-refractivity contribution in [3.8, 4) is 0 Å². The maximum absolute atomic E-state index is 8.55. The average Bonchev–Trinajstić information content (AvgIpc) is 1.83. The van der Waals surface area contributed by atoms with Gasteiger partial charge < -0.3 is 5.11 Å². The van der Waals surface area contributed by atoms with Crippen LogP contribution in [0.3, 0.4) is 0 Å². The number of allylic oxidation sites excluding steroid dienone is 3. The molecule has 0 saturated carbocycles. The van der Waals surface area contributed by atoms with E-state index < -0.39 is 0 Å². The van der Waals surface area contributed by atoms with Crippen molar-refractivity contribution in [1.82, 2.24) is 0 Å². The monoisotopic (exact) mass is 126 g/mol. The SMILES string of the molecule is CC(C)=C/C=C(\C)CO. The standard InChI is InChI=1S/C8H14O/c1-7(2)4-5-8(3)6-9/h4-5,9H,6H2,1-3H3/b8-5+. The van der Waals surface area contributed by atoms with E-state index in [1.807, 2.05) is 32.9 Å². The number of hydrogen-bond acceptors (Lipinski definition) is 1. The summed E-state index contributed by atoms with van der Waals surface area (Å²) in [7, 11) is 0. The van der Waals surface area contributed by atoms with Crippen LogP contribution in [0.1, 0.15) is 20.8 Å². The maximum Gasteiger partial charge on any atom is 0.0642 e. The first-order valence-electron chi connectivity index (χ1n) is 3.08. The first-order chi connectivity index (χ1) is 4.16. The molecule has 0 aliphatic heterocycles. The van der Waals surface area contributed by atoms with Crippen molar-refractivity contribution in [1.29, 1.82) is 0 Å². The van der Waals surface area contributed by atoms with E-state index in [2.05, 4.69) is 0 Å². The minimum absolute atomic E-state index is 0.157. The maximum atomic E-state index is 8.55. The molecule has 0 rings (SSSR count). The summed E-state index contributed by atoms with van der Waals surface area (Å²) < 4.78 is 0. The average molecular weight is 126 g/mol. The van der Waals surface area contributed by atoms with Gasteiger partial charge in [-0.1, -0.05) is 17.7 Å². The van der Waals surface area contributed by atoms with Gasteiger partial charge in [-0.2, -0.15) is 0 Å². The lowest BCUT2D eigenvalue weighted by Gasteiger charge is -1.89. The molecule has 0 aliphatic carbocycles. The Morgan fingerprint density at radius 1 is 1.22 bits per heavy atom. The molecular weight excluding hydrogens is 112 g/mol.